The van der Waals surface area contributed by atoms with Gasteiger partial charge in [-0.3, -0.25) is 0 Å². The third-order valence-corrected chi connectivity index (χ3v) is 3.22. The fourth-order valence-corrected chi connectivity index (χ4v) is 2.21. The van der Waals surface area contributed by atoms with E-state index < -0.39 is 0 Å². The van der Waals surface area contributed by atoms with Crippen LogP contribution < -0.4 is 9.47 Å². The van der Waals surface area contributed by atoms with Crippen LogP contribution in [0.3, 0.4) is 0 Å². The largest absolute Gasteiger partial charge is 0.454 e. The lowest BCUT2D eigenvalue weighted by molar-refractivity contribution is -0.155. The van der Waals surface area contributed by atoms with Crippen LogP contribution in [-0.2, 0) is 9.47 Å². The van der Waals surface area contributed by atoms with E-state index in [2.05, 4.69) is 0 Å². The van der Waals surface area contributed by atoms with Gasteiger partial charge in [0.25, 0.3) is 0 Å². The topological polar surface area (TPSA) is 36.9 Å². The molecule has 0 N–H and O–H groups in total. The Bertz CT molecular complexity index is 449. The van der Waals surface area contributed by atoms with Gasteiger partial charge in [0.05, 0.1) is 6.61 Å². The van der Waals surface area contributed by atoms with Crippen molar-refractivity contribution in [2.75, 3.05) is 20.0 Å². The molecule has 4 nitrogen and oxygen atoms in total. The quantitative estimate of drug-likeness (QED) is 0.836. The molecule has 2 heterocycles. The second-order valence-electron chi connectivity index (χ2n) is 4.64. The van der Waals surface area contributed by atoms with Crippen molar-refractivity contribution in [3.8, 4) is 11.5 Å². The molecule has 3 rings (SSSR count). The first-order valence-corrected chi connectivity index (χ1v) is 6.71. The third-order valence-electron chi connectivity index (χ3n) is 3.22. The molecule has 0 saturated carbocycles. The Morgan fingerprint density at radius 1 is 1.21 bits per heavy atom. The van der Waals surface area contributed by atoms with Crippen LogP contribution in [0.5, 0.6) is 11.5 Å². The van der Waals surface area contributed by atoms with Gasteiger partial charge in [-0.1, -0.05) is 18.2 Å². The van der Waals surface area contributed by atoms with Gasteiger partial charge in [-0.25, -0.2) is 0 Å². The molecule has 0 amide bonds. The third kappa shape index (κ3) is 3.28. The van der Waals surface area contributed by atoms with E-state index in [1.54, 1.807) is 0 Å². The van der Waals surface area contributed by atoms with E-state index >= 15 is 0 Å². The monoisotopic (exact) mass is 262 g/mol. The van der Waals surface area contributed by atoms with E-state index in [1.165, 1.54) is 6.42 Å². The fraction of sp³-hybridized carbons (Fsp3) is 0.467. The first-order chi connectivity index (χ1) is 9.42. The second-order valence-corrected chi connectivity index (χ2v) is 4.64. The van der Waals surface area contributed by atoms with Crippen LogP contribution >= 0.6 is 0 Å². The highest BCUT2D eigenvalue weighted by atomic mass is 16.7. The van der Waals surface area contributed by atoms with Crippen molar-refractivity contribution in [2.45, 2.75) is 25.6 Å². The first kappa shape index (κ1) is 12.5. The summed E-state index contributed by atoms with van der Waals surface area (Å²) in [5.74, 6) is 1.61. The van der Waals surface area contributed by atoms with Crippen LogP contribution in [0, 0.1) is 0 Å². The molecule has 0 radical (unpaired) electrons. The van der Waals surface area contributed by atoms with E-state index in [0.29, 0.717) is 13.4 Å². The standard InChI is InChI=1S/C15H18O4/c1-2-8-16-15(5-1)17-9-3-4-12-6-7-13-14(10-12)19-11-18-13/h3-4,6-7,10,15H,1-2,5,8-9,11H2/b4-3+. The lowest BCUT2D eigenvalue weighted by atomic mass is 10.2. The Kier molecular flexibility index (Phi) is 4.01. The number of fused-ring (bicyclic) bond motifs is 1. The van der Waals surface area contributed by atoms with Gasteiger partial charge in [-0.15, -0.1) is 0 Å². The minimum atomic E-state index is -0.0323. The number of benzene rings is 1. The summed E-state index contributed by atoms with van der Waals surface area (Å²) in [7, 11) is 0. The van der Waals surface area contributed by atoms with Crippen molar-refractivity contribution >= 4 is 6.08 Å². The van der Waals surface area contributed by atoms with Gasteiger partial charge in [0, 0.05) is 6.61 Å². The molecule has 1 aromatic rings. The summed E-state index contributed by atoms with van der Waals surface area (Å²) < 4.78 is 21.7. The molecule has 0 bridgehead atoms. The predicted molar refractivity (Wildman–Crippen MR) is 71.1 cm³/mol. The van der Waals surface area contributed by atoms with Crippen LogP contribution in [-0.4, -0.2) is 26.3 Å². The van der Waals surface area contributed by atoms with Crippen molar-refractivity contribution in [1.29, 1.82) is 0 Å². The van der Waals surface area contributed by atoms with E-state index in [1.807, 2.05) is 30.4 Å². The average molecular weight is 262 g/mol. The minimum absolute atomic E-state index is 0.0323. The fourth-order valence-electron chi connectivity index (χ4n) is 2.21. The molecule has 1 fully saturated rings. The molecule has 1 unspecified atom stereocenters. The predicted octanol–water partition coefficient (Wildman–Crippen LogP) is 2.97. The Hall–Kier alpha value is -1.52. The normalized spacial score (nSPS) is 22.0. The average Bonchev–Trinajstić information content (AvgIpc) is 2.92. The molecule has 1 atom stereocenters. The van der Waals surface area contributed by atoms with E-state index in [0.717, 1.165) is 36.5 Å². The molecule has 102 valence electrons. The van der Waals surface area contributed by atoms with E-state index in [-0.39, 0.29) is 6.29 Å². The Morgan fingerprint density at radius 2 is 2.16 bits per heavy atom. The summed E-state index contributed by atoms with van der Waals surface area (Å²) in [5.41, 5.74) is 1.08. The second kappa shape index (κ2) is 6.08. The number of hydrogen-bond donors (Lipinski definition) is 0. The van der Waals surface area contributed by atoms with Crippen molar-refractivity contribution < 1.29 is 18.9 Å². The molecule has 19 heavy (non-hydrogen) atoms. The van der Waals surface area contributed by atoms with Crippen molar-refractivity contribution in [2.24, 2.45) is 0 Å². The zero-order valence-corrected chi connectivity index (χ0v) is 10.8. The van der Waals surface area contributed by atoms with Crippen molar-refractivity contribution in [3.63, 3.8) is 0 Å². The summed E-state index contributed by atoms with van der Waals surface area (Å²) in [5, 5.41) is 0. The van der Waals surface area contributed by atoms with Crippen LogP contribution in [0.25, 0.3) is 6.08 Å². The molecule has 1 aromatic carbocycles. The van der Waals surface area contributed by atoms with Gasteiger partial charge in [-0.05, 0) is 37.0 Å². The van der Waals surface area contributed by atoms with Gasteiger partial charge in [-0.2, -0.15) is 0 Å². The Morgan fingerprint density at radius 3 is 3.05 bits per heavy atom. The Labute approximate surface area is 112 Å². The van der Waals surface area contributed by atoms with Gasteiger partial charge >= 0.3 is 0 Å². The number of rotatable bonds is 4. The maximum Gasteiger partial charge on any atom is 0.231 e. The lowest BCUT2D eigenvalue weighted by Crippen LogP contribution is -2.22. The molecular weight excluding hydrogens is 244 g/mol. The molecular formula is C15H18O4. The van der Waals surface area contributed by atoms with Crippen molar-refractivity contribution in [1.82, 2.24) is 0 Å². The minimum Gasteiger partial charge on any atom is -0.454 e. The number of ether oxygens (including phenoxy) is 4. The highest BCUT2D eigenvalue weighted by molar-refractivity contribution is 5.56. The molecule has 2 aliphatic heterocycles. The summed E-state index contributed by atoms with van der Waals surface area (Å²) in [6.07, 6.45) is 7.32. The lowest BCUT2D eigenvalue weighted by Gasteiger charge is -2.21. The van der Waals surface area contributed by atoms with Gasteiger partial charge in [0.15, 0.2) is 17.8 Å². The van der Waals surface area contributed by atoms with Crippen LogP contribution in [0.15, 0.2) is 24.3 Å². The van der Waals surface area contributed by atoms with Crippen molar-refractivity contribution in [3.05, 3.63) is 29.8 Å². The first-order valence-electron chi connectivity index (χ1n) is 6.71. The van der Waals surface area contributed by atoms with Crippen LogP contribution in [0.1, 0.15) is 24.8 Å². The molecule has 0 aliphatic carbocycles. The van der Waals surface area contributed by atoms with Gasteiger partial charge in [0.1, 0.15) is 0 Å². The van der Waals surface area contributed by atoms with Gasteiger partial charge in [0.2, 0.25) is 6.79 Å². The summed E-state index contributed by atoms with van der Waals surface area (Å²) in [6.45, 7) is 1.69. The molecule has 0 spiro atoms. The molecule has 1 saturated heterocycles. The van der Waals surface area contributed by atoms with Crippen LogP contribution in [0.4, 0.5) is 0 Å². The van der Waals surface area contributed by atoms with E-state index in [9.17, 15) is 0 Å². The Balaban J connectivity index is 1.49. The summed E-state index contributed by atoms with van der Waals surface area (Å²) >= 11 is 0. The van der Waals surface area contributed by atoms with Crippen LogP contribution in [0.2, 0.25) is 0 Å². The number of hydrogen-bond acceptors (Lipinski definition) is 4. The smallest absolute Gasteiger partial charge is 0.231 e. The molecule has 4 heteroatoms. The summed E-state index contributed by atoms with van der Waals surface area (Å²) in [4.78, 5) is 0. The molecule has 0 aromatic heterocycles. The highest BCUT2D eigenvalue weighted by Gasteiger charge is 2.13. The van der Waals surface area contributed by atoms with Gasteiger partial charge < -0.3 is 18.9 Å². The zero-order chi connectivity index (χ0) is 12.9. The maximum atomic E-state index is 5.63. The summed E-state index contributed by atoms with van der Waals surface area (Å²) in [6, 6.07) is 5.89. The zero-order valence-electron chi connectivity index (χ0n) is 10.8. The maximum absolute atomic E-state index is 5.63. The molecule has 2 aliphatic rings. The highest BCUT2D eigenvalue weighted by Crippen LogP contribution is 2.32. The van der Waals surface area contributed by atoms with E-state index in [4.69, 9.17) is 18.9 Å². The SMILES string of the molecule is C(=C\c1ccc2c(c1)OCO2)/COC1CCCCO1.